The minimum absolute atomic E-state index is 0.170. The molecule has 2 atom stereocenters. The van der Waals surface area contributed by atoms with E-state index in [4.69, 9.17) is 10.5 Å². The molecule has 2 saturated heterocycles. The fourth-order valence-corrected chi connectivity index (χ4v) is 2.89. The van der Waals surface area contributed by atoms with Crippen LogP contribution in [0.4, 0.5) is 4.79 Å². The van der Waals surface area contributed by atoms with Crippen LogP contribution in [-0.2, 0) is 9.53 Å². The predicted octanol–water partition coefficient (Wildman–Crippen LogP) is 0.415. The third kappa shape index (κ3) is 3.25. The monoisotopic (exact) mass is 269 g/mol. The van der Waals surface area contributed by atoms with Gasteiger partial charge in [-0.3, -0.25) is 9.69 Å². The van der Waals surface area contributed by atoms with Crippen LogP contribution in [0.3, 0.4) is 0 Å². The maximum Gasteiger partial charge on any atom is 0.416 e. The number of hydrogen-bond acceptors (Lipinski definition) is 5. The number of amides is 2. The smallest absolute Gasteiger partial charge is 0.416 e. The minimum Gasteiger partial charge on any atom is -0.447 e. The van der Waals surface area contributed by atoms with E-state index >= 15 is 0 Å². The molecule has 2 aliphatic heterocycles. The van der Waals surface area contributed by atoms with Crippen molar-refractivity contribution in [2.45, 2.75) is 32.2 Å². The van der Waals surface area contributed by atoms with E-state index in [-0.39, 0.29) is 18.5 Å². The highest BCUT2D eigenvalue weighted by Gasteiger charge is 2.33. The number of likely N-dealkylation sites (tertiary alicyclic amines) is 1. The normalized spacial score (nSPS) is 28.5. The van der Waals surface area contributed by atoms with Gasteiger partial charge in [-0.05, 0) is 25.3 Å². The Balaban J connectivity index is 1.90. The van der Waals surface area contributed by atoms with E-state index in [2.05, 4.69) is 11.8 Å². The summed E-state index contributed by atoms with van der Waals surface area (Å²) in [5.74, 6) is 0.535. The summed E-state index contributed by atoms with van der Waals surface area (Å²) in [7, 11) is 0. The van der Waals surface area contributed by atoms with Crippen LogP contribution in [0.25, 0.3) is 0 Å². The van der Waals surface area contributed by atoms with Crippen LogP contribution in [0, 0.1) is 5.92 Å². The van der Waals surface area contributed by atoms with E-state index in [1.54, 1.807) is 0 Å². The van der Waals surface area contributed by atoms with Gasteiger partial charge in [-0.25, -0.2) is 9.69 Å². The Morgan fingerprint density at radius 3 is 2.84 bits per heavy atom. The summed E-state index contributed by atoms with van der Waals surface area (Å²) in [6.07, 6.45) is 2.80. The molecule has 0 aliphatic carbocycles. The van der Waals surface area contributed by atoms with Crippen LogP contribution in [0.15, 0.2) is 0 Å². The Labute approximate surface area is 113 Å². The highest BCUT2D eigenvalue weighted by Crippen LogP contribution is 2.24. The third-order valence-electron chi connectivity index (χ3n) is 4.20. The lowest BCUT2D eigenvalue weighted by molar-refractivity contribution is -0.130. The second kappa shape index (κ2) is 6.34. The van der Waals surface area contributed by atoms with Crippen molar-refractivity contribution < 1.29 is 14.3 Å². The van der Waals surface area contributed by atoms with Gasteiger partial charge in [0.05, 0.1) is 13.1 Å². The quantitative estimate of drug-likeness (QED) is 0.800. The number of rotatable bonds is 4. The number of carbonyl (C=O) groups is 2. The number of piperidine rings is 1. The van der Waals surface area contributed by atoms with Crippen molar-refractivity contribution in [2.75, 3.05) is 32.8 Å². The van der Waals surface area contributed by atoms with Crippen molar-refractivity contribution in [3.05, 3.63) is 0 Å². The van der Waals surface area contributed by atoms with Crippen LogP contribution in [0.5, 0.6) is 0 Å². The van der Waals surface area contributed by atoms with Gasteiger partial charge in [-0.1, -0.05) is 13.3 Å². The van der Waals surface area contributed by atoms with Crippen LogP contribution in [-0.4, -0.2) is 60.6 Å². The van der Waals surface area contributed by atoms with Crippen LogP contribution in [0.1, 0.15) is 26.2 Å². The lowest BCUT2D eigenvalue weighted by Crippen LogP contribution is -2.51. The second-order valence-corrected chi connectivity index (χ2v) is 5.32. The zero-order valence-electron chi connectivity index (χ0n) is 11.5. The minimum atomic E-state index is -0.516. The molecular weight excluding hydrogens is 246 g/mol. The van der Waals surface area contributed by atoms with Gasteiger partial charge in [0.25, 0.3) is 0 Å². The van der Waals surface area contributed by atoms with E-state index in [1.807, 2.05) is 0 Å². The molecule has 2 unspecified atom stereocenters. The van der Waals surface area contributed by atoms with Crippen molar-refractivity contribution in [1.82, 2.24) is 9.80 Å². The SMILES string of the molecule is CCC1CCN(CC(=O)N2CCOC2=O)C(CN)C1. The first-order valence-electron chi connectivity index (χ1n) is 7.07. The number of cyclic esters (lactones) is 1. The average Bonchev–Trinajstić information content (AvgIpc) is 2.85. The third-order valence-corrected chi connectivity index (χ3v) is 4.20. The molecular formula is C13H23N3O3. The average molecular weight is 269 g/mol. The summed E-state index contributed by atoms with van der Waals surface area (Å²) in [6.45, 7) is 4.59. The number of nitrogens with two attached hydrogens (primary N) is 1. The molecule has 2 rings (SSSR count). The van der Waals surface area contributed by atoms with Crippen LogP contribution in [0.2, 0.25) is 0 Å². The topological polar surface area (TPSA) is 75.9 Å². The summed E-state index contributed by atoms with van der Waals surface area (Å²) in [4.78, 5) is 26.7. The van der Waals surface area contributed by atoms with Crippen molar-refractivity contribution in [2.24, 2.45) is 11.7 Å². The fourth-order valence-electron chi connectivity index (χ4n) is 2.89. The molecule has 0 aromatic carbocycles. The Morgan fingerprint density at radius 2 is 2.26 bits per heavy atom. The van der Waals surface area contributed by atoms with Crippen molar-refractivity contribution >= 4 is 12.0 Å². The number of ether oxygens (including phenoxy) is 1. The van der Waals surface area contributed by atoms with Gasteiger partial charge in [0.15, 0.2) is 0 Å². The van der Waals surface area contributed by atoms with Crippen molar-refractivity contribution in [3.63, 3.8) is 0 Å². The molecule has 0 saturated carbocycles. The van der Waals surface area contributed by atoms with Gasteiger partial charge >= 0.3 is 6.09 Å². The zero-order chi connectivity index (χ0) is 13.8. The van der Waals surface area contributed by atoms with Crippen LogP contribution >= 0.6 is 0 Å². The first kappa shape index (κ1) is 14.3. The highest BCUT2D eigenvalue weighted by atomic mass is 16.6. The molecule has 2 amide bonds. The highest BCUT2D eigenvalue weighted by molar-refractivity contribution is 5.94. The zero-order valence-corrected chi connectivity index (χ0v) is 11.5. The standard InChI is InChI=1S/C13H23N3O3/c1-2-10-3-4-15(11(7-10)8-14)9-12(17)16-5-6-19-13(16)18/h10-11H,2-9,14H2,1H3. The first-order valence-corrected chi connectivity index (χ1v) is 7.07. The van der Waals surface area contributed by atoms with Gasteiger partial charge in [0.1, 0.15) is 6.61 Å². The van der Waals surface area contributed by atoms with Gasteiger partial charge < -0.3 is 10.5 Å². The van der Waals surface area contributed by atoms with Gasteiger partial charge in [-0.2, -0.15) is 0 Å². The van der Waals surface area contributed by atoms with E-state index < -0.39 is 6.09 Å². The molecule has 2 fully saturated rings. The predicted molar refractivity (Wildman–Crippen MR) is 70.5 cm³/mol. The molecule has 2 aliphatic rings. The maximum atomic E-state index is 12.1. The Morgan fingerprint density at radius 1 is 1.47 bits per heavy atom. The van der Waals surface area contributed by atoms with E-state index in [0.29, 0.717) is 25.6 Å². The molecule has 2 heterocycles. The molecule has 0 bridgehead atoms. The molecule has 0 aromatic heterocycles. The second-order valence-electron chi connectivity index (χ2n) is 5.32. The van der Waals surface area contributed by atoms with E-state index in [9.17, 15) is 9.59 Å². The maximum absolute atomic E-state index is 12.1. The molecule has 0 radical (unpaired) electrons. The number of carbonyl (C=O) groups excluding carboxylic acids is 2. The lowest BCUT2D eigenvalue weighted by atomic mass is 9.89. The lowest BCUT2D eigenvalue weighted by Gasteiger charge is -2.38. The van der Waals surface area contributed by atoms with Gasteiger partial charge in [0.2, 0.25) is 5.91 Å². The van der Waals surface area contributed by atoms with Gasteiger partial charge in [0, 0.05) is 12.6 Å². The van der Waals surface area contributed by atoms with Crippen LogP contribution < -0.4 is 5.73 Å². The molecule has 6 heteroatoms. The molecule has 0 spiro atoms. The summed E-state index contributed by atoms with van der Waals surface area (Å²) < 4.78 is 4.79. The Hall–Kier alpha value is -1.14. The first-order chi connectivity index (χ1) is 9.15. The number of hydrogen-bond donors (Lipinski definition) is 1. The van der Waals surface area contributed by atoms with E-state index in [0.717, 1.165) is 25.8 Å². The largest absolute Gasteiger partial charge is 0.447 e. The van der Waals surface area contributed by atoms with Gasteiger partial charge in [-0.15, -0.1) is 0 Å². The van der Waals surface area contributed by atoms with E-state index in [1.165, 1.54) is 4.90 Å². The Kier molecular flexibility index (Phi) is 4.76. The molecule has 2 N–H and O–H groups in total. The summed E-state index contributed by atoms with van der Waals surface area (Å²) in [5.41, 5.74) is 5.81. The summed E-state index contributed by atoms with van der Waals surface area (Å²) in [6, 6.07) is 0.251. The molecule has 19 heavy (non-hydrogen) atoms. The number of imide groups is 1. The molecule has 6 nitrogen and oxygen atoms in total. The fraction of sp³-hybridized carbons (Fsp3) is 0.846. The number of nitrogens with zero attached hydrogens (tertiary/aromatic N) is 2. The molecule has 108 valence electrons. The summed E-state index contributed by atoms with van der Waals surface area (Å²) >= 11 is 0. The Bertz CT molecular complexity index is 348. The van der Waals surface area contributed by atoms with Crippen molar-refractivity contribution in [3.8, 4) is 0 Å². The van der Waals surface area contributed by atoms with Crippen molar-refractivity contribution in [1.29, 1.82) is 0 Å². The summed E-state index contributed by atoms with van der Waals surface area (Å²) in [5, 5.41) is 0. The molecule has 0 aromatic rings.